The van der Waals surface area contributed by atoms with Crippen LogP contribution in [0.4, 0.5) is 0 Å². The zero-order valence-electron chi connectivity index (χ0n) is 13.1. The van der Waals surface area contributed by atoms with Crippen molar-refractivity contribution in [2.45, 2.75) is 56.6 Å². The lowest BCUT2D eigenvalue weighted by atomic mass is 9.75. The highest BCUT2D eigenvalue weighted by Crippen LogP contribution is 2.36. The van der Waals surface area contributed by atoms with Crippen molar-refractivity contribution in [1.29, 1.82) is 0 Å². The second-order valence-corrected chi connectivity index (χ2v) is 6.66. The number of ketones is 1. The Hall–Kier alpha value is -1.35. The third-order valence-corrected chi connectivity index (χ3v) is 4.88. The third-order valence-electron chi connectivity index (χ3n) is 4.88. The molecule has 0 amide bonds. The molecule has 1 aromatic rings. The van der Waals surface area contributed by atoms with Crippen LogP contribution in [0.3, 0.4) is 0 Å². The zero-order chi connectivity index (χ0) is 14.9. The van der Waals surface area contributed by atoms with Crippen LogP contribution < -0.4 is 4.74 Å². The first kappa shape index (κ1) is 14.6. The Bertz CT molecular complexity index is 514. The van der Waals surface area contributed by atoms with Gasteiger partial charge < -0.3 is 4.74 Å². The Kier molecular flexibility index (Phi) is 4.03. The van der Waals surface area contributed by atoms with E-state index in [1.807, 2.05) is 38.4 Å². The number of rotatable bonds is 5. The maximum Gasteiger partial charge on any atom is 0.183 e. The second-order valence-electron chi connectivity index (χ2n) is 6.66. The Labute approximate surface area is 127 Å². The number of carbonyl (C=O) groups is 1. The molecule has 2 saturated carbocycles. The highest BCUT2D eigenvalue weighted by Gasteiger charge is 2.41. The van der Waals surface area contributed by atoms with Gasteiger partial charge in [-0.1, -0.05) is 31.4 Å². The van der Waals surface area contributed by atoms with Crippen molar-refractivity contribution >= 4 is 5.78 Å². The van der Waals surface area contributed by atoms with Crippen molar-refractivity contribution in [2.75, 3.05) is 14.1 Å². The Morgan fingerprint density at radius 3 is 2.52 bits per heavy atom. The quantitative estimate of drug-likeness (QED) is 0.774. The van der Waals surface area contributed by atoms with Gasteiger partial charge in [-0.2, -0.15) is 0 Å². The molecule has 1 aromatic carbocycles. The minimum atomic E-state index is -0.323. The highest BCUT2D eigenvalue weighted by molar-refractivity contribution is 6.03. The van der Waals surface area contributed by atoms with Crippen molar-refractivity contribution < 1.29 is 9.53 Å². The van der Waals surface area contributed by atoms with Gasteiger partial charge in [-0.3, -0.25) is 9.69 Å². The molecule has 3 nitrogen and oxygen atoms in total. The lowest BCUT2D eigenvalue weighted by Gasteiger charge is -2.41. The molecule has 2 aliphatic rings. The molecule has 0 heterocycles. The molecular weight excluding hydrogens is 262 g/mol. The number of hydrogen-bond donors (Lipinski definition) is 0. The number of likely N-dealkylation sites (N-methyl/N-ethyl adjacent to an activating group) is 1. The van der Waals surface area contributed by atoms with E-state index in [9.17, 15) is 4.79 Å². The summed E-state index contributed by atoms with van der Waals surface area (Å²) in [6.07, 6.45) is 8.10. The normalized spacial score (nSPS) is 21.3. The predicted molar refractivity (Wildman–Crippen MR) is 83.9 cm³/mol. The Morgan fingerprint density at radius 1 is 1.19 bits per heavy atom. The molecule has 0 saturated heterocycles. The molecule has 0 N–H and O–H groups in total. The molecule has 3 rings (SSSR count). The molecule has 0 aromatic heterocycles. The summed E-state index contributed by atoms with van der Waals surface area (Å²) < 4.78 is 5.83. The topological polar surface area (TPSA) is 29.5 Å². The van der Waals surface area contributed by atoms with Gasteiger partial charge in [0.05, 0.1) is 11.6 Å². The van der Waals surface area contributed by atoms with E-state index in [0.29, 0.717) is 6.10 Å². The van der Waals surface area contributed by atoms with Gasteiger partial charge in [-0.05, 0) is 51.9 Å². The number of hydrogen-bond acceptors (Lipinski definition) is 3. The lowest BCUT2D eigenvalue weighted by molar-refractivity contribution is 0.0563. The standard InChI is InChI=1S/C18H25NO2/c1-19(2)18(11-4-3-5-12-18)17(20)14-7-6-8-16(13-14)21-15-9-10-15/h6-8,13,15H,3-5,9-12H2,1-2H3. The monoisotopic (exact) mass is 287 g/mol. The third kappa shape index (κ3) is 2.98. The van der Waals surface area contributed by atoms with Gasteiger partial charge in [0, 0.05) is 5.56 Å². The van der Waals surface area contributed by atoms with Crippen molar-refractivity contribution in [3.8, 4) is 5.75 Å². The molecule has 0 spiro atoms. The molecule has 2 fully saturated rings. The number of carbonyl (C=O) groups excluding carboxylic acids is 1. The minimum absolute atomic E-state index is 0.258. The van der Waals surface area contributed by atoms with Crippen LogP contribution >= 0.6 is 0 Å². The number of Topliss-reactive ketones (excluding diaryl/α,β-unsaturated/α-hetero) is 1. The Balaban J connectivity index is 1.84. The molecule has 0 radical (unpaired) electrons. The molecule has 21 heavy (non-hydrogen) atoms. The van der Waals surface area contributed by atoms with Gasteiger partial charge >= 0.3 is 0 Å². The average molecular weight is 287 g/mol. The van der Waals surface area contributed by atoms with Crippen LogP contribution in [-0.2, 0) is 0 Å². The number of benzene rings is 1. The van der Waals surface area contributed by atoms with E-state index in [2.05, 4.69) is 4.90 Å². The van der Waals surface area contributed by atoms with Crippen LogP contribution in [-0.4, -0.2) is 36.4 Å². The molecule has 0 aliphatic heterocycles. The van der Waals surface area contributed by atoms with Gasteiger partial charge in [0.1, 0.15) is 5.75 Å². The first-order chi connectivity index (χ1) is 10.1. The van der Waals surface area contributed by atoms with Crippen LogP contribution in [0.2, 0.25) is 0 Å². The van der Waals surface area contributed by atoms with Crippen LogP contribution in [0, 0.1) is 0 Å². The van der Waals surface area contributed by atoms with E-state index in [1.54, 1.807) is 0 Å². The van der Waals surface area contributed by atoms with Gasteiger partial charge in [-0.25, -0.2) is 0 Å². The summed E-state index contributed by atoms with van der Waals surface area (Å²) >= 11 is 0. The van der Waals surface area contributed by atoms with E-state index in [0.717, 1.165) is 49.8 Å². The Morgan fingerprint density at radius 2 is 1.90 bits per heavy atom. The van der Waals surface area contributed by atoms with Crippen LogP contribution in [0.5, 0.6) is 5.75 Å². The second kappa shape index (κ2) is 5.80. The van der Waals surface area contributed by atoms with Gasteiger partial charge in [-0.15, -0.1) is 0 Å². The van der Waals surface area contributed by atoms with E-state index < -0.39 is 0 Å². The lowest BCUT2D eigenvalue weighted by Crippen LogP contribution is -2.52. The molecule has 0 unspecified atom stereocenters. The molecule has 0 bridgehead atoms. The van der Waals surface area contributed by atoms with Crippen LogP contribution in [0.25, 0.3) is 0 Å². The van der Waals surface area contributed by atoms with Crippen molar-refractivity contribution in [2.24, 2.45) is 0 Å². The van der Waals surface area contributed by atoms with E-state index >= 15 is 0 Å². The largest absolute Gasteiger partial charge is 0.490 e. The van der Waals surface area contributed by atoms with Gasteiger partial charge in [0.25, 0.3) is 0 Å². The van der Waals surface area contributed by atoms with Gasteiger partial charge in [0.2, 0.25) is 0 Å². The number of nitrogens with zero attached hydrogens (tertiary/aromatic N) is 1. The summed E-state index contributed by atoms with van der Waals surface area (Å²) in [5, 5.41) is 0. The fraction of sp³-hybridized carbons (Fsp3) is 0.611. The molecule has 0 atom stereocenters. The highest BCUT2D eigenvalue weighted by atomic mass is 16.5. The molecule has 2 aliphatic carbocycles. The summed E-state index contributed by atoms with van der Waals surface area (Å²) in [4.78, 5) is 15.2. The van der Waals surface area contributed by atoms with E-state index in [4.69, 9.17) is 4.74 Å². The first-order valence-corrected chi connectivity index (χ1v) is 8.11. The summed E-state index contributed by atoms with van der Waals surface area (Å²) in [5.41, 5.74) is 0.472. The fourth-order valence-corrected chi connectivity index (χ4v) is 3.37. The molecule has 3 heteroatoms. The van der Waals surface area contributed by atoms with Crippen molar-refractivity contribution in [3.05, 3.63) is 29.8 Å². The van der Waals surface area contributed by atoms with Crippen molar-refractivity contribution in [3.63, 3.8) is 0 Å². The summed E-state index contributed by atoms with van der Waals surface area (Å²) in [7, 11) is 4.07. The molecular formula is C18H25NO2. The SMILES string of the molecule is CN(C)C1(C(=O)c2cccc(OC3CC3)c2)CCCCC1. The summed E-state index contributed by atoms with van der Waals surface area (Å²) in [6, 6.07) is 7.76. The maximum atomic E-state index is 13.1. The van der Waals surface area contributed by atoms with Gasteiger partial charge in [0.15, 0.2) is 5.78 Å². The van der Waals surface area contributed by atoms with E-state index in [-0.39, 0.29) is 11.3 Å². The van der Waals surface area contributed by atoms with Crippen LogP contribution in [0.15, 0.2) is 24.3 Å². The summed E-state index contributed by atoms with van der Waals surface area (Å²) in [6.45, 7) is 0. The minimum Gasteiger partial charge on any atom is -0.490 e. The molecule has 114 valence electrons. The van der Waals surface area contributed by atoms with Crippen molar-refractivity contribution in [1.82, 2.24) is 4.90 Å². The predicted octanol–water partition coefficient (Wildman–Crippen LogP) is 3.68. The fourth-order valence-electron chi connectivity index (χ4n) is 3.37. The smallest absolute Gasteiger partial charge is 0.183 e. The maximum absolute atomic E-state index is 13.1. The zero-order valence-corrected chi connectivity index (χ0v) is 13.1. The summed E-state index contributed by atoms with van der Waals surface area (Å²) in [5.74, 6) is 1.10. The van der Waals surface area contributed by atoms with Crippen LogP contribution in [0.1, 0.15) is 55.3 Å². The average Bonchev–Trinajstić information content (AvgIpc) is 3.31. The van der Waals surface area contributed by atoms with E-state index in [1.165, 1.54) is 6.42 Å². The first-order valence-electron chi connectivity index (χ1n) is 8.11. The number of ether oxygens (including phenoxy) is 1.